The third-order valence-electron chi connectivity index (χ3n) is 4.56. The van der Waals surface area contributed by atoms with E-state index in [2.05, 4.69) is 19.9 Å². The van der Waals surface area contributed by atoms with E-state index in [1.54, 1.807) is 25.1 Å². The molecule has 1 saturated carbocycles. The van der Waals surface area contributed by atoms with Gasteiger partial charge in [0.2, 0.25) is 5.82 Å². The molecule has 0 bridgehead atoms. The summed E-state index contributed by atoms with van der Waals surface area (Å²) in [5.41, 5.74) is 2.49. The topological polar surface area (TPSA) is 52.3 Å². The first-order valence-corrected chi connectivity index (χ1v) is 7.86. The maximum atomic E-state index is 13.8. The molecule has 0 amide bonds. The van der Waals surface area contributed by atoms with E-state index in [1.807, 2.05) is 0 Å². The van der Waals surface area contributed by atoms with Gasteiger partial charge in [0.1, 0.15) is 0 Å². The first-order valence-electron chi connectivity index (χ1n) is 7.86. The van der Waals surface area contributed by atoms with Crippen molar-refractivity contribution >= 4 is 5.65 Å². The molecule has 0 spiro atoms. The molecule has 5 nitrogen and oxygen atoms in total. The Bertz CT molecular complexity index is 1000. The van der Waals surface area contributed by atoms with Crippen molar-refractivity contribution in [2.24, 2.45) is 0 Å². The number of methoxy groups -OCH3 is 1. The van der Waals surface area contributed by atoms with Crippen LogP contribution in [-0.2, 0) is 10.8 Å². The fraction of sp³-hybridized carbons (Fsp3) is 0.353. The Kier molecular flexibility index (Phi) is 3.56. The van der Waals surface area contributed by atoms with Crippen LogP contribution in [0.15, 0.2) is 30.6 Å². The Labute approximate surface area is 145 Å². The van der Waals surface area contributed by atoms with Crippen LogP contribution in [0.4, 0.5) is 17.6 Å². The van der Waals surface area contributed by atoms with E-state index in [4.69, 9.17) is 0 Å². The standard InChI is InChI=1S/C17H14F4N4O/c1-9-5-10(12-6-16(12,18)19)3-4-11(9)13-8-25-14(7-22-13)23-24-15(25)17(20,21)26-2/h3-5,7-8,12H,6H2,1-2H3/t12-/m0/s1. The molecule has 0 N–H and O–H groups in total. The summed E-state index contributed by atoms with van der Waals surface area (Å²) in [4.78, 5) is 4.22. The van der Waals surface area contributed by atoms with Crippen molar-refractivity contribution in [1.82, 2.24) is 19.6 Å². The van der Waals surface area contributed by atoms with Crippen LogP contribution >= 0.6 is 0 Å². The van der Waals surface area contributed by atoms with Gasteiger partial charge in [-0.1, -0.05) is 18.2 Å². The van der Waals surface area contributed by atoms with Crippen LogP contribution in [0.2, 0.25) is 0 Å². The highest BCUT2D eigenvalue weighted by molar-refractivity contribution is 5.64. The van der Waals surface area contributed by atoms with Crippen molar-refractivity contribution in [2.75, 3.05) is 7.11 Å². The fourth-order valence-corrected chi connectivity index (χ4v) is 3.00. The second-order valence-electron chi connectivity index (χ2n) is 6.34. The number of aromatic nitrogens is 4. The van der Waals surface area contributed by atoms with Gasteiger partial charge in [-0.05, 0) is 18.1 Å². The minimum atomic E-state index is -3.60. The lowest BCUT2D eigenvalue weighted by Crippen LogP contribution is -2.19. The number of rotatable bonds is 4. The third kappa shape index (κ3) is 2.63. The summed E-state index contributed by atoms with van der Waals surface area (Å²) in [6.07, 6.45) is -1.05. The number of alkyl halides is 4. The van der Waals surface area contributed by atoms with E-state index in [0.29, 0.717) is 16.8 Å². The smallest absolute Gasteiger partial charge is 0.317 e. The quantitative estimate of drug-likeness (QED) is 0.657. The van der Waals surface area contributed by atoms with Gasteiger partial charge < -0.3 is 4.74 Å². The molecule has 0 radical (unpaired) electrons. The van der Waals surface area contributed by atoms with Crippen LogP contribution in [-0.4, -0.2) is 32.6 Å². The first kappa shape index (κ1) is 16.9. The summed E-state index contributed by atoms with van der Waals surface area (Å²) in [5, 5.41) is 7.13. The summed E-state index contributed by atoms with van der Waals surface area (Å²) in [6, 6.07) is 4.98. The average molecular weight is 366 g/mol. The fourth-order valence-electron chi connectivity index (χ4n) is 3.00. The molecule has 0 saturated heterocycles. The van der Waals surface area contributed by atoms with Crippen molar-refractivity contribution in [1.29, 1.82) is 0 Å². The molecule has 1 aliphatic carbocycles. The van der Waals surface area contributed by atoms with Crippen LogP contribution in [0, 0.1) is 6.92 Å². The number of benzene rings is 1. The van der Waals surface area contributed by atoms with Crippen molar-refractivity contribution in [3.05, 3.63) is 47.5 Å². The highest BCUT2D eigenvalue weighted by atomic mass is 19.3. The molecule has 2 heterocycles. The number of nitrogens with zero attached hydrogens (tertiary/aromatic N) is 4. The first-order chi connectivity index (χ1) is 12.2. The van der Waals surface area contributed by atoms with Gasteiger partial charge in [0, 0.05) is 25.3 Å². The molecule has 1 atom stereocenters. The van der Waals surface area contributed by atoms with E-state index >= 15 is 0 Å². The second kappa shape index (κ2) is 5.47. The van der Waals surface area contributed by atoms with Gasteiger partial charge in [0.25, 0.3) is 5.92 Å². The van der Waals surface area contributed by atoms with Gasteiger partial charge in [0.15, 0.2) is 5.65 Å². The van der Waals surface area contributed by atoms with Gasteiger partial charge in [-0.3, -0.25) is 9.38 Å². The molecule has 0 unspecified atom stereocenters. The predicted octanol–water partition coefficient (Wildman–Crippen LogP) is 3.92. The molecular formula is C17H14F4N4O. The van der Waals surface area contributed by atoms with E-state index < -0.39 is 23.8 Å². The van der Waals surface area contributed by atoms with Gasteiger partial charge in [-0.25, -0.2) is 8.78 Å². The van der Waals surface area contributed by atoms with Crippen molar-refractivity contribution in [3.63, 3.8) is 0 Å². The monoisotopic (exact) mass is 366 g/mol. The number of ether oxygens (including phenoxy) is 1. The zero-order valence-corrected chi connectivity index (χ0v) is 13.9. The van der Waals surface area contributed by atoms with Crippen LogP contribution in [0.1, 0.15) is 29.3 Å². The van der Waals surface area contributed by atoms with E-state index in [-0.39, 0.29) is 12.1 Å². The summed E-state index contributed by atoms with van der Waals surface area (Å²) < 4.78 is 59.5. The Hall–Kier alpha value is -2.55. The van der Waals surface area contributed by atoms with Crippen molar-refractivity contribution < 1.29 is 22.3 Å². The normalized spacial score (nSPS) is 19.1. The number of fused-ring (bicyclic) bond motifs is 1. The maximum Gasteiger partial charge on any atom is 0.417 e. The molecular weight excluding hydrogens is 352 g/mol. The van der Waals surface area contributed by atoms with E-state index in [1.165, 1.54) is 12.4 Å². The number of halogens is 4. The van der Waals surface area contributed by atoms with Crippen LogP contribution in [0.3, 0.4) is 0 Å². The zero-order chi connectivity index (χ0) is 18.7. The zero-order valence-electron chi connectivity index (χ0n) is 13.9. The molecule has 136 valence electrons. The summed E-state index contributed by atoms with van der Waals surface area (Å²) in [6.45, 7) is 1.77. The predicted molar refractivity (Wildman–Crippen MR) is 84.2 cm³/mol. The SMILES string of the molecule is COC(F)(F)c1nnc2cnc(-c3ccc([C@@H]4CC4(F)F)cc3C)cn12. The minimum Gasteiger partial charge on any atom is -0.317 e. The van der Waals surface area contributed by atoms with E-state index in [9.17, 15) is 17.6 Å². The van der Waals surface area contributed by atoms with Crippen molar-refractivity contribution in [2.45, 2.75) is 31.3 Å². The molecule has 0 aliphatic heterocycles. The van der Waals surface area contributed by atoms with Crippen molar-refractivity contribution in [3.8, 4) is 11.3 Å². The second-order valence-corrected chi connectivity index (χ2v) is 6.34. The Morgan fingerprint density at radius 2 is 2.00 bits per heavy atom. The molecule has 9 heteroatoms. The highest BCUT2D eigenvalue weighted by Crippen LogP contribution is 2.56. The summed E-state index contributed by atoms with van der Waals surface area (Å²) >= 11 is 0. The van der Waals surface area contributed by atoms with Crippen LogP contribution in [0.5, 0.6) is 0 Å². The van der Waals surface area contributed by atoms with E-state index in [0.717, 1.165) is 17.1 Å². The molecule has 2 aromatic heterocycles. The van der Waals surface area contributed by atoms with Gasteiger partial charge in [-0.2, -0.15) is 8.78 Å². The lowest BCUT2D eigenvalue weighted by Gasteiger charge is -2.12. The third-order valence-corrected chi connectivity index (χ3v) is 4.56. The van der Waals surface area contributed by atoms with Crippen LogP contribution < -0.4 is 0 Å². The van der Waals surface area contributed by atoms with Gasteiger partial charge >= 0.3 is 6.11 Å². The number of hydrogen-bond donors (Lipinski definition) is 0. The lowest BCUT2D eigenvalue weighted by molar-refractivity contribution is -0.237. The molecule has 1 aromatic carbocycles. The number of aryl methyl sites for hydroxylation is 1. The molecule has 3 aromatic rings. The Morgan fingerprint density at radius 1 is 1.27 bits per heavy atom. The molecule has 1 fully saturated rings. The molecule has 26 heavy (non-hydrogen) atoms. The average Bonchev–Trinajstić information content (AvgIpc) is 3.04. The Balaban J connectivity index is 1.76. The van der Waals surface area contributed by atoms with Gasteiger partial charge in [-0.15, -0.1) is 10.2 Å². The highest BCUT2D eigenvalue weighted by Gasteiger charge is 2.57. The Morgan fingerprint density at radius 3 is 2.62 bits per heavy atom. The van der Waals surface area contributed by atoms with Gasteiger partial charge in [0.05, 0.1) is 17.8 Å². The van der Waals surface area contributed by atoms with Crippen LogP contribution in [0.25, 0.3) is 16.9 Å². The molecule has 4 rings (SSSR count). The summed E-state index contributed by atoms with van der Waals surface area (Å²) in [5.74, 6) is -4.06. The molecule has 1 aliphatic rings. The minimum absolute atomic E-state index is 0.146. The maximum absolute atomic E-state index is 13.8. The largest absolute Gasteiger partial charge is 0.417 e. The number of hydrogen-bond acceptors (Lipinski definition) is 4. The summed E-state index contributed by atoms with van der Waals surface area (Å²) in [7, 11) is 0.875. The lowest BCUT2D eigenvalue weighted by atomic mass is 10.0.